The number of pyridine rings is 2. The normalized spacial score (nSPS) is 14.4. The molecule has 236 valence electrons. The molecule has 0 bridgehead atoms. The van der Waals surface area contributed by atoms with Crippen LogP contribution in [0.2, 0.25) is 5.02 Å². The first kappa shape index (κ1) is 33.1. The van der Waals surface area contributed by atoms with Crippen LogP contribution in [-0.4, -0.2) is 72.2 Å². The van der Waals surface area contributed by atoms with Crippen molar-refractivity contribution in [3.63, 3.8) is 0 Å². The number of rotatable bonds is 5. The van der Waals surface area contributed by atoms with Gasteiger partial charge in [-0.05, 0) is 61.4 Å². The molecular weight excluding hydrogens is 596 g/mol. The van der Waals surface area contributed by atoms with Crippen molar-refractivity contribution in [2.24, 2.45) is 0 Å². The number of piperazine rings is 2. The van der Waals surface area contributed by atoms with Crippen molar-refractivity contribution in [3.05, 3.63) is 122 Å². The Morgan fingerprint density at radius 1 is 0.622 bits per heavy atom. The van der Waals surface area contributed by atoms with Gasteiger partial charge in [0.2, 0.25) is 0 Å². The van der Waals surface area contributed by atoms with Gasteiger partial charge in [0.1, 0.15) is 11.6 Å². The molecule has 2 aliphatic heterocycles. The lowest BCUT2D eigenvalue weighted by Crippen LogP contribution is -2.46. The van der Waals surface area contributed by atoms with E-state index in [0.717, 1.165) is 75.2 Å². The van der Waals surface area contributed by atoms with Crippen LogP contribution in [0.5, 0.6) is 0 Å². The average molecular weight is 633 g/mol. The molecule has 1 N–H and O–H groups in total. The van der Waals surface area contributed by atoms with Crippen LogP contribution in [0.3, 0.4) is 0 Å². The van der Waals surface area contributed by atoms with Crippen LogP contribution in [0.25, 0.3) is 0 Å². The molecule has 2 fully saturated rings. The van der Waals surface area contributed by atoms with Crippen molar-refractivity contribution < 1.29 is 9.85 Å². The number of non-ortho nitro benzene ring substituents is 2. The van der Waals surface area contributed by atoms with E-state index in [1.165, 1.54) is 29.8 Å². The number of hydrogen-bond acceptors (Lipinski definition) is 10. The molecule has 0 aliphatic carbocycles. The number of anilines is 3. The molecule has 13 heteroatoms. The predicted molar refractivity (Wildman–Crippen MR) is 179 cm³/mol. The summed E-state index contributed by atoms with van der Waals surface area (Å²) >= 11 is 5.49. The zero-order chi connectivity index (χ0) is 32.2. The quantitative estimate of drug-likeness (QED) is 0.217. The number of nitro groups is 2. The van der Waals surface area contributed by atoms with Crippen LogP contribution < -0.4 is 20.0 Å². The molecule has 6 rings (SSSR count). The lowest BCUT2D eigenvalue weighted by molar-refractivity contribution is -0.385. The number of hydrogen-bond donors (Lipinski definition) is 1. The molecule has 2 aliphatic rings. The molecular formula is C32H37ClN8O4. The van der Waals surface area contributed by atoms with Gasteiger partial charge in [0, 0.05) is 99.7 Å². The summed E-state index contributed by atoms with van der Waals surface area (Å²) in [5.74, 6) is 2.11. The maximum atomic E-state index is 10.7. The highest BCUT2D eigenvalue weighted by atomic mass is 35.5. The summed E-state index contributed by atoms with van der Waals surface area (Å²) in [6, 6.07) is 20.8. The Balaban J connectivity index is 0.000000170. The summed E-state index contributed by atoms with van der Waals surface area (Å²) < 4.78 is 0. The topological polar surface area (TPSA) is 134 Å². The van der Waals surface area contributed by atoms with E-state index >= 15 is 0 Å². The third-order valence-electron chi connectivity index (χ3n) is 7.30. The second-order valence-electron chi connectivity index (χ2n) is 10.6. The highest BCUT2D eigenvalue weighted by Gasteiger charge is 2.19. The minimum atomic E-state index is -0.462. The zero-order valence-corrected chi connectivity index (χ0v) is 26.1. The Morgan fingerprint density at radius 3 is 1.47 bits per heavy atom. The molecule has 2 saturated heterocycles. The molecule has 45 heavy (non-hydrogen) atoms. The lowest BCUT2D eigenvalue weighted by atomic mass is 10.2. The maximum absolute atomic E-state index is 10.7. The van der Waals surface area contributed by atoms with Gasteiger partial charge in [-0.2, -0.15) is 0 Å². The molecule has 0 radical (unpaired) electrons. The van der Waals surface area contributed by atoms with E-state index in [2.05, 4.69) is 61.2 Å². The number of nitro benzene ring substituents is 2. The average Bonchev–Trinajstić information content (AvgIpc) is 3.07. The SMILES string of the molecule is Cc1ccc(N2CCN(c3ccc([N+](=O)[O-])cc3)CC2)nc1.Cc1ccc(N2CCNCC2)nc1.O=[N+]([O-])c1ccc(Cl)cc1. The minimum Gasteiger partial charge on any atom is -0.368 e. The van der Waals surface area contributed by atoms with Crippen LogP contribution in [0.15, 0.2) is 85.2 Å². The summed E-state index contributed by atoms with van der Waals surface area (Å²) in [5.41, 5.74) is 3.60. The van der Waals surface area contributed by atoms with Gasteiger partial charge in [-0.15, -0.1) is 0 Å². The third-order valence-corrected chi connectivity index (χ3v) is 7.55. The van der Waals surface area contributed by atoms with Crippen LogP contribution in [0, 0.1) is 34.1 Å². The first-order chi connectivity index (χ1) is 21.7. The fourth-order valence-electron chi connectivity index (χ4n) is 4.73. The molecule has 4 aromatic rings. The molecule has 2 aromatic carbocycles. The van der Waals surface area contributed by atoms with Gasteiger partial charge < -0.3 is 20.0 Å². The molecule has 0 spiro atoms. The Bertz CT molecular complexity index is 1510. The second kappa shape index (κ2) is 16.3. The van der Waals surface area contributed by atoms with Crippen molar-refractivity contribution in [2.45, 2.75) is 13.8 Å². The first-order valence-electron chi connectivity index (χ1n) is 14.6. The van der Waals surface area contributed by atoms with E-state index in [-0.39, 0.29) is 16.3 Å². The molecule has 12 nitrogen and oxygen atoms in total. The number of benzene rings is 2. The number of aromatic nitrogens is 2. The van der Waals surface area contributed by atoms with E-state index in [1.807, 2.05) is 31.5 Å². The van der Waals surface area contributed by atoms with Gasteiger partial charge in [0.15, 0.2) is 0 Å². The van der Waals surface area contributed by atoms with E-state index in [4.69, 9.17) is 11.6 Å². The smallest absolute Gasteiger partial charge is 0.269 e. The largest absolute Gasteiger partial charge is 0.368 e. The number of halogens is 1. The van der Waals surface area contributed by atoms with Crippen LogP contribution in [0.1, 0.15) is 11.1 Å². The highest BCUT2D eigenvalue weighted by Crippen LogP contribution is 2.22. The lowest BCUT2D eigenvalue weighted by Gasteiger charge is -2.36. The monoisotopic (exact) mass is 632 g/mol. The Morgan fingerprint density at radius 2 is 1.04 bits per heavy atom. The van der Waals surface area contributed by atoms with E-state index in [0.29, 0.717) is 5.02 Å². The van der Waals surface area contributed by atoms with Crippen LogP contribution >= 0.6 is 11.6 Å². The maximum Gasteiger partial charge on any atom is 0.269 e. The molecule has 2 aromatic heterocycles. The number of nitrogens with one attached hydrogen (secondary N) is 1. The zero-order valence-electron chi connectivity index (χ0n) is 25.4. The van der Waals surface area contributed by atoms with E-state index < -0.39 is 4.92 Å². The highest BCUT2D eigenvalue weighted by molar-refractivity contribution is 6.30. The number of nitrogens with zero attached hydrogens (tertiary/aromatic N) is 7. The summed E-state index contributed by atoms with van der Waals surface area (Å²) in [4.78, 5) is 35.6. The molecule has 4 heterocycles. The predicted octanol–water partition coefficient (Wildman–Crippen LogP) is 5.67. The van der Waals surface area contributed by atoms with Crippen molar-refractivity contribution >= 4 is 40.3 Å². The van der Waals surface area contributed by atoms with Crippen LogP contribution in [-0.2, 0) is 0 Å². The van der Waals surface area contributed by atoms with Crippen molar-refractivity contribution in [3.8, 4) is 0 Å². The molecule has 0 atom stereocenters. The second-order valence-corrected chi connectivity index (χ2v) is 11.0. The third kappa shape index (κ3) is 10.1. The van der Waals surface area contributed by atoms with E-state index in [9.17, 15) is 20.2 Å². The van der Waals surface area contributed by atoms with Crippen molar-refractivity contribution in [1.82, 2.24) is 15.3 Å². The van der Waals surface area contributed by atoms with Gasteiger partial charge >= 0.3 is 0 Å². The first-order valence-corrected chi connectivity index (χ1v) is 15.0. The van der Waals surface area contributed by atoms with Gasteiger partial charge in [-0.25, -0.2) is 9.97 Å². The van der Waals surface area contributed by atoms with E-state index in [1.54, 1.807) is 12.1 Å². The summed E-state index contributed by atoms with van der Waals surface area (Å²) in [6.45, 7) is 11.9. The van der Waals surface area contributed by atoms with Gasteiger partial charge in [-0.3, -0.25) is 20.2 Å². The molecule has 0 saturated carbocycles. The van der Waals surface area contributed by atoms with Crippen LogP contribution in [0.4, 0.5) is 28.7 Å². The van der Waals surface area contributed by atoms with Gasteiger partial charge in [0.05, 0.1) is 9.85 Å². The summed E-state index contributed by atoms with van der Waals surface area (Å²) in [5, 5.41) is 24.6. The van der Waals surface area contributed by atoms with Crippen molar-refractivity contribution in [1.29, 1.82) is 0 Å². The fraction of sp³-hybridized carbons (Fsp3) is 0.312. The van der Waals surface area contributed by atoms with Gasteiger partial charge in [-0.1, -0.05) is 23.7 Å². The molecule has 0 unspecified atom stereocenters. The van der Waals surface area contributed by atoms with Crippen molar-refractivity contribution in [2.75, 3.05) is 67.1 Å². The van der Waals surface area contributed by atoms with Gasteiger partial charge in [0.25, 0.3) is 11.4 Å². The summed E-state index contributed by atoms with van der Waals surface area (Å²) in [7, 11) is 0. The summed E-state index contributed by atoms with van der Waals surface area (Å²) in [6.07, 6.45) is 3.81. The Labute approximate surface area is 267 Å². The Kier molecular flexibility index (Phi) is 12.0. The standard InChI is InChI=1S/C16H18N4O2.C10H15N3.C6H4ClNO2/c1-13-2-7-16(17-12-13)19-10-8-18(9-11-19)14-3-5-15(6-4-14)20(21)22;1-9-2-3-10(12-8-9)13-6-4-11-5-7-13;7-5-1-3-6(4-2-5)8(9)10/h2-7,12H,8-11H2,1H3;2-3,8,11H,4-7H2,1H3;1-4H. The fourth-order valence-corrected chi connectivity index (χ4v) is 4.86. The minimum absolute atomic E-state index is 0.0596. The number of aryl methyl sites for hydroxylation is 2. The Hall–Kier alpha value is -4.81. The molecule has 0 amide bonds.